The van der Waals surface area contributed by atoms with Crippen molar-refractivity contribution in [2.45, 2.75) is 0 Å². The fourth-order valence-corrected chi connectivity index (χ4v) is 0.537. The maximum atomic E-state index is 10.7. The maximum absolute atomic E-state index is 10.7. The summed E-state index contributed by atoms with van der Waals surface area (Å²) in [5.41, 5.74) is 0.637. The molecule has 46 valence electrons. The van der Waals surface area contributed by atoms with Crippen molar-refractivity contribution in [1.82, 2.24) is 10.1 Å². The SMILES string of the molecule is BN1C=CC(=C)NC1=O. The van der Waals surface area contributed by atoms with Crippen molar-refractivity contribution in [2.75, 3.05) is 0 Å². The van der Waals surface area contributed by atoms with Crippen LogP contribution in [-0.2, 0) is 0 Å². The molecule has 0 bridgehead atoms. The highest BCUT2D eigenvalue weighted by molar-refractivity contribution is 6.15. The third kappa shape index (κ3) is 1.13. The third-order valence-corrected chi connectivity index (χ3v) is 1.09. The van der Waals surface area contributed by atoms with Gasteiger partial charge in [0.25, 0.3) is 0 Å². The van der Waals surface area contributed by atoms with E-state index in [-0.39, 0.29) is 6.03 Å². The zero-order chi connectivity index (χ0) is 6.85. The number of nitrogens with one attached hydrogen (secondary N) is 1. The van der Waals surface area contributed by atoms with E-state index in [4.69, 9.17) is 0 Å². The molecule has 1 rings (SSSR count). The van der Waals surface area contributed by atoms with Gasteiger partial charge in [-0.2, -0.15) is 0 Å². The van der Waals surface area contributed by atoms with E-state index < -0.39 is 0 Å². The van der Waals surface area contributed by atoms with Gasteiger partial charge < -0.3 is 10.1 Å². The second-order valence-electron chi connectivity index (χ2n) is 1.88. The highest BCUT2D eigenvalue weighted by Gasteiger charge is 2.08. The van der Waals surface area contributed by atoms with Crippen molar-refractivity contribution in [3.63, 3.8) is 0 Å². The molecule has 1 N–H and O–H groups in total. The number of rotatable bonds is 0. The van der Waals surface area contributed by atoms with Gasteiger partial charge in [-0.25, -0.2) is 4.79 Å². The Morgan fingerprint density at radius 1 is 1.78 bits per heavy atom. The molecule has 0 fully saturated rings. The van der Waals surface area contributed by atoms with Gasteiger partial charge in [0.15, 0.2) is 0 Å². The molecular formula is C5H7BN2O. The topological polar surface area (TPSA) is 32.3 Å². The van der Waals surface area contributed by atoms with E-state index in [1.165, 1.54) is 4.81 Å². The van der Waals surface area contributed by atoms with E-state index >= 15 is 0 Å². The summed E-state index contributed by atoms with van der Waals surface area (Å²) in [7, 11) is 1.68. The quantitative estimate of drug-likeness (QED) is 0.435. The van der Waals surface area contributed by atoms with Gasteiger partial charge in [-0.05, 0) is 12.3 Å². The Morgan fingerprint density at radius 2 is 2.44 bits per heavy atom. The molecule has 2 amide bonds. The number of hydrogen-bond donors (Lipinski definition) is 1. The van der Waals surface area contributed by atoms with Gasteiger partial charge in [-0.1, -0.05) is 6.58 Å². The normalized spacial score (nSPS) is 18.0. The molecule has 0 unspecified atom stereocenters. The van der Waals surface area contributed by atoms with Gasteiger partial charge in [0, 0.05) is 5.70 Å². The molecule has 1 heterocycles. The van der Waals surface area contributed by atoms with Gasteiger partial charge in [-0.15, -0.1) is 0 Å². The Bertz CT molecular complexity index is 187. The van der Waals surface area contributed by atoms with E-state index in [1.54, 1.807) is 20.3 Å². The first-order valence-corrected chi connectivity index (χ1v) is 2.61. The van der Waals surface area contributed by atoms with Crippen LogP contribution < -0.4 is 5.32 Å². The fourth-order valence-electron chi connectivity index (χ4n) is 0.537. The molecule has 0 aromatic carbocycles. The van der Waals surface area contributed by atoms with Crippen LogP contribution in [0.1, 0.15) is 0 Å². The lowest BCUT2D eigenvalue weighted by molar-refractivity contribution is 0.234. The number of carbonyl (C=O) groups excluding carboxylic acids is 1. The Morgan fingerprint density at radius 3 is 2.89 bits per heavy atom. The van der Waals surface area contributed by atoms with Gasteiger partial charge in [0.1, 0.15) is 0 Å². The summed E-state index contributed by atoms with van der Waals surface area (Å²) in [5.74, 6) is 0. The first-order valence-electron chi connectivity index (χ1n) is 2.61. The zero-order valence-corrected chi connectivity index (χ0v) is 5.22. The van der Waals surface area contributed by atoms with Crippen LogP contribution in [0.2, 0.25) is 0 Å². The van der Waals surface area contributed by atoms with Crippen molar-refractivity contribution in [3.8, 4) is 0 Å². The van der Waals surface area contributed by atoms with Crippen molar-refractivity contribution < 1.29 is 4.79 Å². The Labute approximate surface area is 54.5 Å². The van der Waals surface area contributed by atoms with E-state index in [0.717, 1.165) is 0 Å². The lowest BCUT2D eigenvalue weighted by atomic mass is 10.3. The Kier molecular flexibility index (Phi) is 1.30. The standard InChI is InChI=1S/C5H7BN2O/c1-4-2-3-8(6)5(9)7-4/h2-3H,1,6H2,(H,7,9). The van der Waals surface area contributed by atoms with Gasteiger partial charge in [0.05, 0.1) is 0 Å². The molecule has 0 saturated carbocycles. The monoisotopic (exact) mass is 122 g/mol. The second-order valence-corrected chi connectivity index (χ2v) is 1.88. The van der Waals surface area contributed by atoms with E-state index in [0.29, 0.717) is 5.70 Å². The fraction of sp³-hybridized carbons (Fsp3) is 0. The highest BCUT2D eigenvalue weighted by atomic mass is 16.2. The molecule has 1 aliphatic heterocycles. The number of urea groups is 1. The minimum absolute atomic E-state index is 0.137. The van der Waals surface area contributed by atoms with Crippen molar-refractivity contribution in [1.29, 1.82) is 0 Å². The van der Waals surface area contributed by atoms with Crippen LogP contribution in [0.25, 0.3) is 0 Å². The predicted molar refractivity (Wildman–Crippen MR) is 37.2 cm³/mol. The van der Waals surface area contributed by atoms with Crippen LogP contribution in [0.4, 0.5) is 4.79 Å². The van der Waals surface area contributed by atoms with Crippen LogP contribution in [0.15, 0.2) is 24.6 Å². The lowest BCUT2D eigenvalue weighted by Gasteiger charge is -2.18. The van der Waals surface area contributed by atoms with Gasteiger partial charge >= 0.3 is 6.03 Å². The number of allylic oxidation sites excluding steroid dienone is 1. The average Bonchev–Trinajstić information content (AvgIpc) is 1.80. The molecule has 0 aliphatic carbocycles. The molecule has 0 radical (unpaired) electrons. The van der Waals surface area contributed by atoms with Crippen LogP contribution in [-0.4, -0.2) is 18.8 Å². The molecule has 0 saturated heterocycles. The average molecular weight is 122 g/mol. The van der Waals surface area contributed by atoms with Crippen molar-refractivity contribution >= 4 is 14.0 Å². The molecular weight excluding hydrogens is 115 g/mol. The number of hydrogen-bond acceptors (Lipinski definition) is 1. The van der Waals surface area contributed by atoms with E-state index in [1.807, 2.05) is 0 Å². The van der Waals surface area contributed by atoms with Crippen LogP contribution in [0.3, 0.4) is 0 Å². The summed E-state index contributed by atoms with van der Waals surface area (Å²) < 4.78 is 0. The van der Waals surface area contributed by atoms with Crippen molar-refractivity contribution in [2.24, 2.45) is 0 Å². The zero-order valence-electron chi connectivity index (χ0n) is 5.22. The Balaban J connectivity index is 2.76. The highest BCUT2D eigenvalue weighted by Crippen LogP contribution is 1.98. The number of carbonyl (C=O) groups is 1. The summed E-state index contributed by atoms with van der Waals surface area (Å²) in [6.07, 6.45) is 3.41. The molecule has 0 aromatic rings. The minimum atomic E-state index is -0.137. The summed E-state index contributed by atoms with van der Waals surface area (Å²) in [5, 5.41) is 2.53. The summed E-state index contributed by atoms with van der Waals surface area (Å²) in [4.78, 5) is 12.2. The minimum Gasteiger partial charge on any atom is -0.353 e. The number of amides is 2. The first kappa shape index (κ1) is 5.94. The molecule has 3 nitrogen and oxygen atoms in total. The largest absolute Gasteiger partial charge is 0.353 e. The first-order chi connectivity index (χ1) is 4.20. The van der Waals surface area contributed by atoms with Gasteiger partial charge in [0.2, 0.25) is 7.98 Å². The van der Waals surface area contributed by atoms with Crippen molar-refractivity contribution in [3.05, 3.63) is 24.6 Å². The summed E-state index contributed by atoms with van der Waals surface area (Å²) in [6, 6.07) is -0.137. The van der Waals surface area contributed by atoms with Gasteiger partial charge in [-0.3, -0.25) is 0 Å². The lowest BCUT2D eigenvalue weighted by Crippen LogP contribution is -2.36. The molecule has 0 spiro atoms. The molecule has 9 heavy (non-hydrogen) atoms. The van der Waals surface area contributed by atoms with Crippen LogP contribution in [0.5, 0.6) is 0 Å². The third-order valence-electron chi connectivity index (χ3n) is 1.09. The molecule has 0 atom stereocenters. The van der Waals surface area contributed by atoms with Crippen LogP contribution >= 0.6 is 0 Å². The molecule has 0 aromatic heterocycles. The second kappa shape index (κ2) is 1.97. The Hall–Kier alpha value is -1.19. The van der Waals surface area contributed by atoms with E-state index in [9.17, 15) is 4.79 Å². The number of nitrogens with zero attached hydrogens (tertiary/aromatic N) is 1. The summed E-state index contributed by atoms with van der Waals surface area (Å²) in [6.45, 7) is 3.55. The molecule has 4 heteroatoms. The molecule has 1 aliphatic rings. The van der Waals surface area contributed by atoms with Crippen LogP contribution in [0, 0.1) is 0 Å². The summed E-state index contributed by atoms with van der Waals surface area (Å²) >= 11 is 0. The maximum Gasteiger partial charge on any atom is 0.313 e. The smallest absolute Gasteiger partial charge is 0.313 e. The van der Waals surface area contributed by atoms with E-state index in [2.05, 4.69) is 11.9 Å². The predicted octanol–water partition coefficient (Wildman–Crippen LogP) is -0.413.